The molecular weight excluding hydrogens is 278 g/mol. The predicted molar refractivity (Wildman–Crippen MR) is 84.8 cm³/mol. The molecule has 5 heteroatoms. The summed E-state index contributed by atoms with van der Waals surface area (Å²) in [4.78, 5) is 12.3. The van der Waals surface area contributed by atoms with Crippen LogP contribution >= 0.6 is 0 Å². The van der Waals surface area contributed by atoms with Gasteiger partial charge in [-0.25, -0.2) is 0 Å². The minimum Gasteiger partial charge on any atom is -0.460 e. The molecule has 1 aromatic carbocycles. The summed E-state index contributed by atoms with van der Waals surface area (Å²) < 4.78 is 5.51. The Morgan fingerprint density at radius 1 is 1.27 bits per heavy atom. The van der Waals surface area contributed by atoms with E-state index in [2.05, 4.69) is 22.4 Å². The van der Waals surface area contributed by atoms with Crippen molar-refractivity contribution in [1.82, 2.24) is 10.2 Å². The third kappa shape index (κ3) is 2.79. The molecule has 0 atom stereocenters. The summed E-state index contributed by atoms with van der Waals surface area (Å²) in [6.45, 7) is 3.92. The summed E-state index contributed by atoms with van der Waals surface area (Å²) in [6.07, 6.45) is 0.855. The molecule has 0 radical (unpaired) electrons. The molecule has 2 N–H and O–H groups in total. The number of anilines is 1. The van der Waals surface area contributed by atoms with E-state index in [1.165, 1.54) is 0 Å². The number of nitrogens with zero attached hydrogens (tertiary/aromatic N) is 1. The molecule has 2 heterocycles. The van der Waals surface area contributed by atoms with Gasteiger partial charge in [0.05, 0.1) is 0 Å². The molecule has 22 heavy (non-hydrogen) atoms. The van der Waals surface area contributed by atoms with Crippen LogP contribution in [0.15, 0.2) is 46.9 Å². The summed E-state index contributed by atoms with van der Waals surface area (Å²) in [7, 11) is 0. The second-order valence-corrected chi connectivity index (χ2v) is 5.04. The molecule has 0 saturated heterocycles. The lowest BCUT2D eigenvalue weighted by molar-refractivity contribution is 0.102. The van der Waals surface area contributed by atoms with Crippen LogP contribution in [0.5, 0.6) is 0 Å². The minimum atomic E-state index is -0.244. The van der Waals surface area contributed by atoms with Gasteiger partial charge in [0.1, 0.15) is 11.5 Å². The highest BCUT2D eigenvalue weighted by Gasteiger charge is 2.14. The monoisotopic (exact) mass is 295 g/mol. The largest absolute Gasteiger partial charge is 0.460 e. The van der Waals surface area contributed by atoms with Gasteiger partial charge in [-0.1, -0.05) is 25.1 Å². The van der Waals surface area contributed by atoms with Gasteiger partial charge in [0, 0.05) is 11.8 Å². The maximum Gasteiger partial charge on any atom is 0.276 e. The summed E-state index contributed by atoms with van der Waals surface area (Å²) in [5.74, 6) is 1.23. The number of amides is 1. The Morgan fingerprint density at radius 2 is 2.09 bits per heavy atom. The molecule has 0 unspecified atom stereocenters. The van der Waals surface area contributed by atoms with E-state index in [9.17, 15) is 4.79 Å². The highest BCUT2D eigenvalue weighted by molar-refractivity contribution is 6.03. The van der Waals surface area contributed by atoms with E-state index < -0.39 is 0 Å². The molecule has 0 saturated carbocycles. The predicted octanol–water partition coefficient (Wildman–Crippen LogP) is 3.79. The van der Waals surface area contributed by atoms with Crippen molar-refractivity contribution in [3.63, 3.8) is 0 Å². The van der Waals surface area contributed by atoms with Crippen molar-refractivity contribution in [3.8, 4) is 11.5 Å². The molecule has 0 bridgehead atoms. The van der Waals surface area contributed by atoms with Crippen LogP contribution in [0, 0.1) is 6.92 Å². The zero-order valence-corrected chi connectivity index (χ0v) is 12.5. The number of rotatable bonds is 4. The molecular formula is C17H17N3O2. The Hall–Kier alpha value is -2.82. The van der Waals surface area contributed by atoms with Crippen LogP contribution in [0.25, 0.3) is 11.5 Å². The van der Waals surface area contributed by atoms with E-state index in [0.29, 0.717) is 17.1 Å². The molecule has 0 spiro atoms. The molecule has 5 nitrogen and oxygen atoms in total. The number of H-pyrrole nitrogens is 1. The van der Waals surface area contributed by atoms with E-state index in [-0.39, 0.29) is 5.91 Å². The fraction of sp³-hybridized carbons (Fsp3) is 0.176. The van der Waals surface area contributed by atoms with Gasteiger partial charge in [0.25, 0.3) is 5.91 Å². The topological polar surface area (TPSA) is 70.9 Å². The molecule has 3 rings (SSSR count). The van der Waals surface area contributed by atoms with Gasteiger partial charge in [-0.05, 0) is 37.1 Å². The number of carbonyl (C=O) groups is 1. The number of hydrogen-bond acceptors (Lipinski definition) is 3. The average molecular weight is 295 g/mol. The highest BCUT2D eigenvalue weighted by atomic mass is 16.3. The number of nitrogens with one attached hydrogen (secondary N) is 2. The SMILES string of the molecule is CCc1ccccc1NC(=O)c1cc(-c2ccc(C)o2)[nH]n1. The first kappa shape index (κ1) is 14.1. The summed E-state index contributed by atoms with van der Waals surface area (Å²) in [6, 6.07) is 13.1. The normalized spacial score (nSPS) is 10.6. The van der Waals surface area contributed by atoms with Gasteiger partial charge in [0.2, 0.25) is 0 Å². The number of aromatic amines is 1. The van der Waals surface area contributed by atoms with E-state index in [0.717, 1.165) is 23.4 Å². The Morgan fingerprint density at radius 3 is 2.82 bits per heavy atom. The van der Waals surface area contributed by atoms with Crippen LogP contribution in [0.1, 0.15) is 28.7 Å². The maximum atomic E-state index is 12.3. The van der Waals surface area contributed by atoms with Gasteiger partial charge in [-0.3, -0.25) is 9.89 Å². The summed E-state index contributed by atoms with van der Waals surface area (Å²) in [5.41, 5.74) is 2.92. The standard InChI is InChI=1S/C17H17N3O2/c1-3-12-6-4-5-7-13(12)18-17(21)15-10-14(19-20-15)16-9-8-11(2)22-16/h4-10H,3H2,1-2H3,(H,18,21)(H,19,20). The van der Waals surface area contributed by atoms with Gasteiger partial charge < -0.3 is 9.73 Å². The van der Waals surface area contributed by atoms with E-state index in [4.69, 9.17) is 4.42 Å². The molecule has 3 aromatic rings. The highest BCUT2D eigenvalue weighted by Crippen LogP contribution is 2.21. The van der Waals surface area contributed by atoms with Crippen LogP contribution < -0.4 is 5.32 Å². The van der Waals surface area contributed by atoms with Crippen molar-refractivity contribution < 1.29 is 9.21 Å². The van der Waals surface area contributed by atoms with Crippen molar-refractivity contribution in [2.45, 2.75) is 20.3 Å². The number of aryl methyl sites for hydroxylation is 2. The third-order valence-corrected chi connectivity index (χ3v) is 3.46. The smallest absolute Gasteiger partial charge is 0.276 e. The van der Waals surface area contributed by atoms with Gasteiger partial charge in [-0.15, -0.1) is 0 Å². The minimum absolute atomic E-state index is 0.244. The van der Waals surface area contributed by atoms with Crippen LogP contribution in [0.2, 0.25) is 0 Å². The van der Waals surface area contributed by atoms with Crippen molar-refractivity contribution >= 4 is 11.6 Å². The second-order valence-electron chi connectivity index (χ2n) is 5.04. The first-order chi connectivity index (χ1) is 10.7. The van der Waals surface area contributed by atoms with Gasteiger partial charge in [-0.2, -0.15) is 5.10 Å². The van der Waals surface area contributed by atoms with Crippen molar-refractivity contribution in [1.29, 1.82) is 0 Å². The summed E-state index contributed by atoms with van der Waals surface area (Å²) in [5, 5.41) is 9.78. The number of hydrogen-bond donors (Lipinski definition) is 2. The zero-order valence-electron chi connectivity index (χ0n) is 12.5. The Bertz CT molecular complexity index is 802. The lowest BCUT2D eigenvalue weighted by Gasteiger charge is -2.07. The lowest BCUT2D eigenvalue weighted by atomic mass is 10.1. The Labute approximate surface area is 128 Å². The average Bonchev–Trinajstić information content (AvgIpc) is 3.16. The van der Waals surface area contributed by atoms with Crippen LogP contribution in [0.4, 0.5) is 5.69 Å². The number of benzene rings is 1. The summed E-state index contributed by atoms with van der Waals surface area (Å²) >= 11 is 0. The van der Waals surface area contributed by atoms with Crippen molar-refractivity contribution in [2.24, 2.45) is 0 Å². The molecule has 0 fully saturated rings. The van der Waals surface area contributed by atoms with E-state index in [1.54, 1.807) is 6.07 Å². The zero-order chi connectivity index (χ0) is 15.5. The third-order valence-electron chi connectivity index (χ3n) is 3.46. The number of aromatic nitrogens is 2. The van der Waals surface area contributed by atoms with Crippen LogP contribution in [0.3, 0.4) is 0 Å². The maximum absolute atomic E-state index is 12.3. The van der Waals surface area contributed by atoms with E-state index in [1.807, 2.05) is 43.3 Å². The molecule has 0 aliphatic rings. The first-order valence-corrected chi connectivity index (χ1v) is 7.19. The second kappa shape index (κ2) is 5.89. The van der Waals surface area contributed by atoms with Crippen LogP contribution in [-0.4, -0.2) is 16.1 Å². The fourth-order valence-electron chi connectivity index (χ4n) is 2.28. The molecule has 0 aliphatic carbocycles. The molecule has 1 amide bonds. The lowest BCUT2D eigenvalue weighted by Crippen LogP contribution is -2.13. The van der Waals surface area contributed by atoms with Gasteiger partial charge >= 0.3 is 0 Å². The number of furan rings is 1. The molecule has 112 valence electrons. The fourth-order valence-corrected chi connectivity index (χ4v) is 2.28. The van der Waals surface area contributed by atoms with Gasteiger partial charge in [0.15, 0.2) is 11.5 Å². The van der Waals surface area contributed by atoms with Crippen molar-refractivity contribution in [2.75, 3.05) is 5.32 Å². The Kier molecular flexibility index (Phi) is 3.78. The number of carbonyl (C=O) groups excluding carboxylic acids is 1. The molecule has 0 aliphatic heterocycles. The Balaban J connectivity index is 1.80. The molecule has 2 aromatic heterocycles. The van der Waals surface area contributed by atoms with Crippen LogP contribution in [-0.2, 0) is 6.42 Å². The van der Waals surface area contributed by atoms with E-state index >= 15 is 0 Å². The number of para-hydroxylation sites is 1. The first-order valence-electron chi connectivity index (χ1n) is 7.19. The quantitative estimate of drug-likeness (QED) is 0.769. The van der Waals surface area contributed by atoms with Crippen molar-refractivity contribution in [3.05, 3.63) is 59.5 Å².